The summed E-state index contributed by atoms with van der Waals surface area (Å²) in [6.07, 6.45) is 4.59. The average Bonchev–Trinajstić information content (AvgIpc) is 2.70. The zero-order valence-corrected chi connectivity index (χ0v) is 10.7. The molecule has 0 saturated carbocycles. The van der Waals surface area contributed by atoms with E-state index >= 15 is 0 Å². The van der Waals surface area contributed by atoms with Crippen LogP contribution >= 0.6 is 0 Å². The molecule has 0 aliphatic carbocycles. The first kappa shape index (κ1) is 12.8. The van der Waals surface area contributed by atoms with Gasteiger partial charge in [0.15, 0.2) is 0 Å². The number of benzene rings is 1. The van der Waals surface area contributed by atoms with Crippen LogP contribution in [0.2, 0.25) is 0 Å². The maximum Gasteiger partial charge on any atom is 0.123 e. The molecule has 2 aromatic rings. The summed E-state index contributed by atoms with van der Waals surface area (Å²) in [7, 11) is 0. The molecule has 3 nitrogen and oxygen atoms in total. The van der Waals surface area contributed by atoms with E-state index in [2.05, 4.69) is 5.10 Å². The van der Waals surface area contributed by atoms with E-state index < -0.39 is 0 Å². The first-order chi connectivity index (χ1) is 8.54. The van der Waals surface area contributed by atoms with E-state index in [0.29, 0.717) is 6.54 Å². The molecule has 1 heterocycles. The van der Waals surface area contributed by atoms with Gasteiger partial charge in [-0.05, 0) is 49.1 Å². The van der Waals surface area contributed by atoms with Crippen LogP contribution in [0.15, 0.2) is 30.6 Å². The molecule has 0 amide bonds. The van der Waals surface area contributed by atoms with Gasteiger partial charge in [0.05, 0.1) is 12.7 Å². The maximum absolute atomic E-state index is 13.2. The molecule has 0 aliphatic rings. The first-order valence-electron chi connectivity index (χ1n) is 6.06. The Bertz CT molecular complexity index is 532. The van der Waals surface area contributed by atoms with Crippen LogP contribution < -0.4 is 5.73 Å². The second-order valence-corrected chi connectivity index (χ2v) is 4.80. The highest BCUT2D eigenvalue weighted by molar-refractivity contribution is 5.26. The summed E-state index contributed by atoms with van der Waals surface area (Å²) < 4.78 is 15.0. The Morgan fingerprint density at radius 3 is 2.94 bits per heavy atom. The Balaban J connectivity index is 2.13. The molecule has 4 heteroatoms. The van der Waals surface area contributed by atoms with Crippen molar-refractivity contribution in [2.24, 2.45) is 5.73 Å². The van der Waals surface area contributed by atoms with Gasteiger partial charge in [-0.25, -0.2) is 4.39 Å². The fourth-order valence-electron chi connectivity index (χ4n) is 1.95. The molecule has 0 aliphatic heterocycles. The third-order valence-electron chi connectivity index (χ3n) is 2.89. The lowest BCUT2D eigenvalue weighted by molar-refractivity contribution is 0.618. The first-order valence-corrected chi connectivity index (χ1v) is 6.06. The fraction of sp³-hybridized carbons (Fsp3) is 0.357. The predicted molar refractivity (Wildman–Crippen MR) is 69.8 cm³/mol. The van der Waals surface area contributed by atoms with Crippen molar-refractivity contribution in [2.45, 2.75) is 32.9 Å². The van der Waals surface area contributed by atoms with E-state index in [4.69, 9.17) is 5.73 Å². The zero-order chi connectivity index (χ0) is 13.1. The van der Waals surface area contributed by atoms with E-state index in [0.717, 1.165) is 23.1 Å². The van der Waals surface area contributed by atoms with Crippen LogP contribution in [0.5, 0.6) is 0 Å². The molecule has 0 fully saturated rings. The van der Waals surface area contributed by atoms with Crippen molar-refractivity contribution in [3.8, 4) is 0 Å². The summed E-state index contributed by atoms with van der Waals surface area (Å²) in [5.74, 6) is -0.210. The molecule has 1 unspecified atom stereocenters. The second-order valence-electron chi connectivity index (χ2n) is 4.80. The summed E-state index contributed by atoms with van der Waals surface area (Å²) in [5.41, 5.74) is 8.87. The molecule has 1 aromatic heterocycles. The number of halogens is 1. The van der Waals surface area contributed by atoms with Gasteiger partial charge >= 0.3 is 0 Å². The van der Waals surface area contributed by atoms with Gasteiger partial charge in [0.1, 0.15) is 5.82 Å². The lowest BCUT2D eigenvalue weighted by Gasteiger charge is -2.06. The zero-order valence-electron chi connectivity index (χ0n) is 10.7. The number of nitrogens with zero attached hydrogens (tertiary/aromatic N) is 2. The molecular weight excluding hydrogens is 229 g/mol. The number of nitrogens with two attached hydrogens (primary N) is 1. The molecular formula is C14H18FN3. The van der Waals surface area contributed by atoms with Crippen molar-refractivity contribution >= 4 is 0 Å². The van der Waals surface area contributed by atoms with Crippen LogP contribution in [0.3, 0.4) is 0 Å². The van der Waals surface area contributed by atoms with Crippen molar-refractivity contribution in [3.63, 3.8) is 0 Å². The van der Waals surface area contributed by atoms with Crippen molar-refractivity contribution in [2.75, 3.05) is 0 Å². The highest BCUT2D eigenvalue weighted by Crippen LogP contribution is 2.12. The van der Waals surface area contributed by atoms with Crippen LogP contribution in [0.4, 0.5) is 4.39 Å². The molecule has 0 spiro atoms. The quantitative estimate of drug-likeness (QED) is 0.900. The van der Waals surface area contributed by atoms with Gasteiger partial charge in [0.25, 0.3) is 0 Å². The lowest BCUT2D eigenvalue weighted by Crippen LogP contribution is -2.17. The summed E-state index contributed by atoms with van der Waals surface area (Å²) in [6.45, 7) is 4.53. The van der Waals surface area contributed by atoms with Crippen molar-refractivity contribution in [3.05, 3.63) is 53.1 Å². The third kappa shape index (κ3) is 3.17. The minimum atomic E-state index is -0.210. The lowest BCUT2D eigenvalue weighted by atomic mass is 10.1. The van der Waals surface area contributed by atoms with Gasteiger partial charge in [-0.15, -0.1) is 0 Å². The molecule has 2 rings (SSSR count). The van der Waals surface area contributed by atoms with Crippen LogP contribution in [0.1, 0.15) is 23.6 Å². The Labute approximate surface area is 106 Å². The Morgan fingerprint density at radius 2 is 2.22 bits per heavy atom. The van der Waals surface area contributed by atoms with Gasteiger partial charge in [-0.3, -0.25) is 4.68 Å². The van der Waals surface area contributed by atoms with Crippen molar-refractivity contribution in [1.82, 2.24) is 9.78 Å². The van der Waals surface area contributed by atoms with E-state index in [1.807, 2.05) is 30.9 Å². The van der Waals surface area contributed by atoms with Gasteiger partial charge in [0.2, 0.25) is 0 Å². The van der Waals surface area contributed by atoms with E-state index in [9.17, 15) is 4.39 Å². The van der Waals surface area contributed by atoms with Crippen LogP contribution in [0, 0.1) is 12.7 Å². The smallest absolute Gasteiger partial charge is 0.123 e. The molecule has 1 atom stereocenters. The molecule has 0 radical (unpaired) electrons. The van der Waals surface area contributed by atoms with Gasteiger partial charge < -0.3 is 5.73 Å². The second kappa shape index (κ2) is 5.31. The molecule has 18 heavy (non-hydrogen) atoms. The topological polar surface area (TPSA) is 43.8 Å². The highest BCUT2D eigenvalue weighted by atomic mass is 19.1. The summed E-state index contributed by atoms with van der Waals surface area (Å²) in [4.78, 5) is 0. The standard InChI is InChI=1S/C14H18FN3/c1-10-3-4-14(15)6-13(10)9-18-8-12(7-17-18)5-11(2)16/h3-4,6-8,11H,5,9,16H2,1-2H3. The number of rotatable bonds is 4. The third-order valence-corrected chi connectivity index (χ3v) is 2.89. The largest absolute Gasteiger partial charge is 0.328 e. The van der Waals surface area contributed by atoms with Crippen LogP contribution in [-0.2, 0) is 13.0 Å². The molecule has 0 bridgehead atoms. The van der Waals surface area contributed by atoms with Gasteiger partial charge in [0, 0.05) is 12.2 Å². The number of aromatic nitrogens is 2. The van der Waals surface area contributed by atoms with Crippen LogP contribution in [-0.4, -0.2) is 15.8 Å². The van der Waals surface area contributed by atoms with E-state index in [1.165, 1.54) is 6.07 Å². The number of hydrogen-bond acceptors (Lipinski definition) is 2. The molecule has 96 valence electrons. The van der Waals surface area contributed by atoms with E-state index in [1.54, 1.807) is 12.1 Å². The normalized spacial score (nSPS) is 12.7. The summed E-state index contributed by atoms with van der Waals surface area (Å²) in [6, 6.07) is 4.95. The minimum absolute atomic E-state index is 0.124. The van der Waals surface area contributed by atoms with Gasteiger partial charge in [-0.1, -0.05) is 6.07 Å². The Hall–Kier alpha value is -1.68. The highest BCUT2D eigenvalue weighted by Gasteiger charge is 2.05. The Kier molecular flexibility index (Phi) is 3.77. The maximum atomic E-state index is 13.2. The van der Waals surface area contributed by atoms with Crippen LogP contribution in [0.25, 0.3) is 0 Å². The SMILES string of the molecule is Cc1ccc(F)cc1Cn1cc(CC(C)N)cn1. The van der Waals surface area contributed by atoms with E-state index in [-0.39, 0.29) is 11.9 Å². The fourth-order valence-corrected chi connectivity index (χ4v) is 1.95. The predicted octanol–water partition coefficient (Wildman–Crippen LogP) is 2.27. The minimum Gasteiger partial charge on any atom is -0.328 e. The summed E-state index contributed by atoms with van der Waals surface area (Å²) in [5, 5.41) is 4.27. The molecule has 1 aromatic carbocycles. The average molecular weight is 247 g/mol. The summed E-state index contributed by atoms with van der Waals surface area (Å²) >= 11 is 0. The molecule has 2 N–H and O–H groups in total. The van der Waals surface area contributed by atoms with Crippen molar-refractivity contribution < 1.29 is 4.39 Å². The molecule has 0 saturated heterocycles. The Morgan fingerprint density at radius 1 is 1.44 bits per heavy atom. The van der Waals surface area contributed by atoms with Gasteiger partial charge in [-0.2, -0.15) is 5.10 Å². The van der Waals surface area contributed by atoms with Crippen molar-refractivity contribution in [1.29, 1.82) is 0 Å². The monoisotopic (exact) mass is 247 g/mol. The number of aryl methyl sites for hydroxylation is 1. The number of hydrogen-bond donors (Lipinski definition) is 1.